The van der Waals surface area contributed by atoms with E-state index in [0.29, 0.717) is 12.6 Å². The summed E-state index contributed by atoms with van der Waals surface area (Å²) in [5, 5.41) is 3.30. The molecule has 0 aromatic carbocycles. The predicted octanol–water partition coefficient (Wildman–Crippen LogP) is 1.40. The zero-order chi connectivity index (χ0) is 12.6. The van der Waals surface area contributed by atoms with E-state index in [4.69, 9.17) is 4.74 Å². The van der Waals surface area contributed by atoms with Crippen LogP contribution in [-0.4, -0.2) is 30.4 Å². The third-order valence-electron chi connectivity index (χ3n) is 3.36. The average molecular weight is 250 g/mol. The fourth-order valence-corrected chi connectivity index (χ4v) is 2.32. The van der Waals surface area contributed by atoms with Crippen LogP contribution in [0, 0.1) is 0 Å². The predicted molar refractivity (Wildman–Crippen MR) is 71.8 cm³/mol. The van der Waals surface area contributed by atoms with E-state index in [1.165, 1.54) is 25.7 Å². The molecule has 1 fully saturated rings. The molecule has 100 valence electrons. The van der Waals surface area contributed by atoms with E-state index < -0.39 is 0 Å². The maximum Gasteiger partial charge on any atom is 0.250 e. The second-order valence-corrected chi connectivity index (χ2v) is 4.76. The highest BCUT2D eigenvalue weighted by Crippen LogP contribution is 2.20. The molecule has 0 atom stereocenters. The number of aromatic nitrogens is 1. The molecule has 0 spiro atoms. The second-order valence-electron chi connectivity index (χ2n) is 4.76. The number of nitrogens with one attached hydrogen (secondary N) is 1. The van der Waals surface area contributed by atoms with Crippen molar-refractivity contribution in [2.75, 3.05) is 19.7 Å². The van der Waals surface area contributed by atoms with Gasteiger partial charge in [0.25, 0.3) is 5.56 Å². The van der Waals surface area contributed by atoms with Crippen LogP contribution in [0.4, 0.5) is 0 Å². The number of ether oxygens (including phenoxy) is 1. The Hall–Kier alpha value is -1.13. The molecule has 0 bridgehead atoms. The second kappa shape index (κ2) is 7.34. The first kappa shape index (κ1) is 13.3. The van der Waals surface area contributed by atoms with Gasteiger partial charge in [0.15, 0.2) is 0 Å². The van der Waals surface area contributed by atoms with Crippen LogP contribution in [0.25, 0.3) is 0 Å². The van der Waals surface area contributed by atoms with E-state index in [0.717, 1.165) is 19.7 Å². The van der Waals surface area contributed by atoms with Crippen LogP contribution in [0.15, 0.2) is 29.2 Å². The van der Waals surface area contributed by atoms with Crippen molar-refractivity contribution in [3.8, 4) is 0 Å². The van der Waals surface area contributed by atoms with Gasteiger partial charge in [0, 0.05) is 31.9 Å². The van der Waals surface area contributed by atoms with Gasteiger partial charge in [-0.05, 0) is 18.9 Å². The van der Waals surface area contributed by atoms with E-state index in [2.05, 4.69) is 5.32 Å². The first-order valence-corrected chi connectivity index (χ1v) is 6.84. The minimum Gasteiger partial charge on any atom is -0.377 e. The first-order chi connectivity index (χ1) is 8.86. The van der Waals surface area contributed by atoms with Gasteiger partial charge in [-0.3, -0.25) is 4.79 Å². The maximum absolute atomic E-state index is 11.4. The highest BCUT2D eigenvalue weighted by molar-refractivity contribution is 4.93. The van der Waals surface area contributed by atoms with Crippen molar-refractivity contribution in [2.45, 2.75) is 38.3 Å². The minimum absolute atomic E-state index is 0.0569. The largest absolute Gasteiger partial charge is 0.377 e. The molecular weight excluding hydrogens is 228 g/mol. The molecule has 0 amide bonds. The van der Waals surface area contributed by atoms with Gasteiger partial charge in [0.2, 0.25) is 0 Å². The lowest BCUT2D eigenvalue weighted by Gasteiger charge is -2.11. The molecule has 1 N–H and O–H groups in total. The van der Waals surface area contributed by atoms with Gasteiger partial charge in [0.1, 0.15) is 0 Å². The topological polar surface area (TPSA) is 43.3 Å². The number of hydrogen-bond donors (Lipinski definition) is 1. The number of rotatable bonds is 7. The molecule has 1 aromatic rings. The minimum atomic E-state index is 0.0569. The zero-order valence-corrected chi connectivity index (χ0v) is 10.8. The molecule has 0 aliphatic heterocycles. The lowest BCUT2D eigenvalue weighted by molar-refractivity contribution is 0.0604. The summed E-state index contributed by atoms with van der Waals surface area (Å²) >= 11 is 0. The van der Waals surface area contributed by atoms with E-state index >= 15 is 0 Å². The molecule has 4 nitrogen and oxygen atoms in total. The zero-order valence-electron chi connectivity index (χ0n) is 10.8. The van der Waals surface area contributed by atoms with Gasteiger partial charge in [-0.1, -0.05) is 18.9 Å². The molecule has 0 saturated heterocycles. The SMILES string of the molecule is O=c1ccccn1CCNCCOC1CCCC1. The molecular formula is C14H22N2O2. The molecule has 1 heterocycles. The van der Waals surface area contributed by atoms with E-state index in [-0.39, 0.29) is 5.56 Å². The lowest BCUT2D eigenvalue weighted by atomic mass is 10.3. The van der Waals surface area contributed by atoms with Crippen LogP contribution in [0.5, 0.6) is 0 Å². The Morgan fingerprint density at radius 3 is 2.89 bits per heavy atom. The van der Waals surface area contributed by atoms with Crippen LogP contribution in [0.3, 0.4) is 0 Å². The lowest BCUT2D eigenvalue weighted by Crippen LogP contribution is -2.28. The molecule has 1 aliphatic carbocycles. The van der Waals surface area contributed by atoms with Gasteiger partial charge in [0.05, 0.1) is 12.7 Å². The standard InChI is InChI=1S/C14H22N2O2/c17-14-7-3-4-10-16(14)11-8-15-9-12-18-13-5-1-2-6-13/h3-4,7,10,13,15H,1-2,5-6,8-9,11-12H2. The Kier molecular flexibility index (Phi) is 5.42. The highest BCUT2D eigenvalue weighted by atomic mass is 16.5. The average Bonchev–Trinajstić information content (AvgIpc) is 2.89. The highest BCUT2D eigenvalue weighted by Gasteiger charge is 2.14. The monoisotopic (exact) mass is 250 g/mol. The summed E-state index contributed by atoms with van der Waals surface area (Å²) in [6.07, 6.45) is 7.38. The molecule has 1 saturated carbocycles. The van der Waals surface area contributed by atoms with Crippen molar-refractivity contribution in [3.63, 3.8) is 0 Å². The fourth-order valence-electron chi connectivity index (χ4n) is 2.32. The van der Waals surface area contributed by atoms with Crippen molar-refractivity contribution in [1.29, 1.82) is 0 Å². The Morgan fingerprint density at radius 2 is 2.11 bits per heavy atom. The summed E-state index contributed by atoms with van der Waals surface area (Å²) in [5.41, 5.74) is 0.0569. The van der Waals surface area contributed by atoms with Crippen molar-refractivity contribution in [3.05, 3.63) is 34.7 Å². The Labute approximate surface area is 108 Å². The van der Waals surface area contributed by atoms with Crippen LogP contribution >= 0.6 is 0 Å². The summed E-state index contributed by atoms with van der Waals surface area (Å²) in [4.78, 5) is 11.4. The summed E-state index contributed by atoms with van der Waals surface area (Å²) in [6.45, 7) is 3.15. The van der Waals surface area contributed by atoms with Crippen molar-refractivity contribution < 1.29 is 4.74 Å². The Bertz CT molecular complexity index is 397. The van der Waals surface area contributed by atoms with Crippen LogP contribution in [0.1, 0.15) is 25.7 Å². The molecule has 2 rings (SSSR count). The van der Waals surface area contributed by atoms with Gasteiger partial charge >= 0.3 is 0 Å². The number of hydrogen-bond acceptors (Lipinski definition) is 3. The fraction of sp³-hybridized carbons (Fsp3) is 0.643. The van der Waals surface area contributed by atoms with E-state index in [1.54, 1.807) is 16.7 Å². The van der Waals surface area contributed by atoms with Crippen LogP contribution in [-0.2, 0) is 11.3 Å². The summed E-state index contributed by atoms with van der Waals surface area (Å²) in [5.74, 6) is 0. The molecule has 18 heavy (non-hydrogen) atoms. The van der Waals surface area contributed by atoms with E-state index in [9.17, 15) is 4.79 Å². The first-order valence-electron chi connectivity index (χ1n) is 6.84. The Balaban J connectivity index is 1.53. The van der Waals surface area contributed by atoms with Crippen molar-refractivity contribution >= 4 is 0 Å². The molecule has 4 heteroatoms. The normalized spacial score (nSPS) is 16.2. The third kappa shape index (κ3) is 4.27. The Morgan fingerprint density at radius 1 is 1.28 bits per heavy atom. The molecule has 1 aliphatic rings. The van der Waals surface area contributed by atoms with Gasteiger partial charge in [-0.25, -0.2) is 0 Å². The summed E-state index contributed by atoms with van der Waals surface area (Å²) in [7, 11) is 0. The quantitative estimate of drug-likeness (QED) is 0.744. The van der Waals surface area contributed by atoms with Crippen molar-refractivity contribution in [2.24, 2.45) is 0 Å². The smallest absolute Gasteiger partial charge is 0.250 e. The molecule has 1 aromatic heterocycles. The summed E-state index contributed by atoms with van der Waals surface area (Å²) in [6, 6.07) is 5.23. The van der Waals surface area contributed by atoms with E-state index in [1.807, 2.05) is 12.3 Å². The molecule has 0 unspecified atom stereocenters. The summed E-state index contributed by atoms with van der Waals surface area (Å²) < 4.78 is 7.46. The molecule has 0 radical (unpaired) electrons. The van der Waals surface area contributed by atoms with Gasteiger partial charge in [-0.15, -0.1) is 0 Å². The number of nitrogens with zero attached hydrogens (tertiary/aromatic N) is 1. The van der Waals surface area contributed by atoms with Crippen molar-refractivity contribution in [1.82, 2.24) is 9.88 Å². The van der Waals surface area contributed by atoms with Gasteiger partial charge in [-0.2, -0.15) is 0 Å². The number of pyridine rings is 1. The van der Waals surface area contributed by atoms with Crippen LogP contribution < -0.4 is 10.9 Å². The maximum atomic E-state index is 11.4. The van der Waals surface area contributed by atoms with Crippen LogP contribution in [0.2, 0.25) is 0 Å². The third-order valence-corrected chi connectivity index (χ3v) is 3.36. The van der Waals surface area contributed by atoms with Gasteiger partial charge < -0.3 is 14.6 Å².